The molecule has 2 aromatic rings. The first kappa shape index (κ1) is 13.7. The van der Waals surface area contributed by atoms with Gasteiger partial charge in [0.1, 0.15) is 12.1 Å². The number of rotatable bonds is 2. The van der Waals surface area contributed by atoms with E-state index in [1.807, 2.05) is 36.9 Å². The van der Waals surface area contributed by atoms with Gasteiger partial charge in [0.15, 0.2) is 11.4 Å². The summed E-state index contributed by atoms with van der Waals surface area (Å²) in [6.45, 7) is 6.83. The highest BCUT2D eigenvalue weighted by Crippen LogP contribution is 2.40. The number of nitrogens with zero attached hydrogens (tertiary/aromatic N) is 2. The van der Waals surface area contributed by atoms with Crippen LogP contribution in [0.5, 0.6) is 5.75 Å². The number of hydrogen-bond donors (Lipinski definition) is 0. The van der Waals surface area contributed by atoms with Gasteiger partial charge in [-0.1, -0.05) is 19.1 Å². The molecule has 1 aliphatic rings. The van der Waals surface area contributed by atoms with Crippen molar-refractivity contribution in [1.82, 2.24) is 0 Å². The van der Waals surface area contributed by atoms with Crippen LogP contribution in [0.2, 0.25) is 0 Å². The number of fused-ring (bicyclic) bond motifs is 1. The minimum atomic E-state index is -0.344. The van der Waals surface area contributed by atoms with Crippen LogP contribution in [0.4, 0.5) is 11.5 Å². The molecule has 3 rings (SSSR count). The molecule has 0 saturated carbocycles. The third-order valence-corrected chi connectivity index (χ3v) is 3.73. The first-order valence-corrected chi connectivity index (χ1v) is 7.28. The smallest absolute Gasteiger partial charge is 0.285 e. The van der Waals surface area contributed by atoms with Crippen molar-refractivity contribution in [3.63, 3.8) is 0 Å². The Bertz CT molecular complexity index is 668. The molecular formula is C17H20N2O2. The Hall–Kier alpha value is -2.23. The van der Waals surface area contributed by atoms with E-state index in [4.69, 9.17) is 4.74 Å². The van der Waals surface area contributed by atoms with Gasteiger partial charge >= 0.3 is 0 Å². The van der Waals surface area contributed by atoms with Gasteiger partial charge in [-0.05, 0) is 44.0 Å². The molecule has 0 fully saturated rings. The van der Waals surface area contributed by atoms with Crippen molar-refractivity contribution in [1.29, 1.82) is 0 Å². The van der Waals surface area contributed by atoms with Gasteiger partial charge in [-0.2, -0.15) is 0 Å². The van der Waals surface area contributed by atoms with Gasteiger partial charge in [0.05, 0.1) is 6.20 Å². The number of aromatic nitrogens is 1. The van der Waals surface area contributed by atoms with Crippen molar-refractivity contribution in [2.45, 2.75) is 32.8 Å². The lowest BCUT2D eigenvalue weighted by atomic mass is 10.0. The van der Waals surface area contributed by atoms with Crippen molar-refractivity contribution in [3.05, 3.63) is 53.4 Å². The zero-order chi connectivity index (χ0) is 15.0. The zero-order valence-electron chi connectivity index (χ0n) is 12.7. The summed E-state index contributed by atoms with van der Waals surface area (Å²) in [6, 6.07) is 11.7. The SMILES string of the molecule is CCc1ccc2c(c1)N(c1cccc[n+]1[O-])CC(C)(C)O2. The maximum atomic E-state index is 12.1. The molecule has 21 heavy (non-hydrogen) atoms. The Balaban J connectivity index is 2.15. The summed E-state index contributed by atoms with van der Waals surface area (Å²) in [5.74, 6) is 1.45. The highest BCUT2D eigenvalue weighted by molar-refractivity contribution is 5.68. The highest BCUT2D eigenvalue weighted by atomic mass is 16.5. The number of pyridine rings is 1. The molecule has 1 aromatic heterocycles. The maximum absolute atomic E-state index is 12.1. The molecule has 0 radical (unpaired) electrons. The maximum Gasteiger partial charge on any atom is 0.285 e. The van der Waals surface area contributed by atoms with Crippen LogP contribution in [0.1, 0.15) is 26.3 Å². The summed E-state index contributed by atoms with van der Waals surface area (Å²) in [6.07, 6.45) is 2.48. The number of aryl methyl sites for hydroxylation is 1. The summed E-state index contributed by atoms with van der Waals surface area (Å²) >= 11 is 0. The Morgan fingerprint density at radius 3 is 2.81 bits per heavy atom. The summed E-state index contributed by atoms with van der Waals surface area (Å²) in [5, 5.41) is 12.1. The molecule has 0 atom stereocenters. The van der Waals surface area contributed by atoms with Crippen molar-refractivity contribution < 1.29 is 9.47 Å². The van der Waals surface area contributed by atoms with Gasteiger partial charge in [-0.15, -0.1) is 0 Å². The minimum Gasteiger partial charge on any atom is -0.711 e. The third-order valence-electron chi connectivity index (χ3n) is 3.73. The summed E-state index contributed by atoms with van der Waals surface area (Å²) < 4.78 is 6.96. The summed E-state index contributed by atoms with van der Waals surface area (Å²) in [7, 11) is 0. The predicted octanol–water partition coefficient (Wildman–Crippen LogP) is 3.19. The van der Waals surface area contributed by atoms with Gasteiger partial charge in [-0.25, -0.2) is 9.63 Å². The van der Waals surface area contributed by atoms with Crippen LogP contribution in [0.15, 0.2) is 42.6 Å². The van der Waals surface area contributed by atoms with Crippen LogP contribution >= 0.6 is 0 Å². The zero-order valence-corrected chi connectivity index (χ0v) is 12.7. The lowest BCUT2D eigenvalue weighted by Crippen LogP contribution is -2.48. The first-order valence-electron chi connectivity index (χ1n) is 7.28. The molecule has 1 aromatic carbocycles. The van der Waals surface area contributed by atoms with E-state index in [0.29, 0.717) is 12.4 Å². The Morgan fingerprint density at radius 1 is 1.29 bits per heavy atom. The van der Waals surface area contributed by atoms with Gasteiger partial charge in [-0.3, -0.25) is 0 Å². The van der Waals surface area contributed by atoms with Crippen LogP contribution in [0.3, 0.4) is 0 Å². The topological polar surface area (TPSA) is 39.4 Å². The van der Waals surface area contributed by atoms with E-state index in [0.717, 1.165) is 22.6 Å². The second-order valence-electron chi connectivity index (χ2n) is 5.99. The largest absolute Gasteiger partial charge is 0.711 e. The summed E-state index contributed by atoms with van der Waals surface area (Å²) in [4.78, 5) is 2.05. The fraction of sp³-hybridized carbons (Fsp3) is 0.353. The number of ether oxygens (including phenoxy) is 1. The molecule has 0 bridgehead atoms. The molecule has 4 heteroatoms. The molecule has 4 nitrogen and oxygen atoms in total. The van der Waals surface area contributed by atoms with Crippen LogP contribution in [-0.2, 0) is 6.42 Å². The molecule has 1 aliphatic heterocycles. The van der Waals surface area contributed by atoms with E-state index in [1.54, 1.807) is 6.07 Å². The Morgan fingerprint density at radius 2 is 2.10 bits per heavy atom. The Kier molecular flexibility index (Phi) is 3.24. The second kappa shape index (κ2) is 4.95. The minimum absolute atomic E-state index is 0.344. The van der Waals surface area contributed by atoms with Gasteiger partial charge < -0.3 is 9.94 Å². The van der Waals surface area contributed by atoms with E-state index >= 15 is 0 Å². The van der Waals surface area contributed by atoms with Crippen LogP contribution < -0.4 is 14.4 Å². The molecule has 0 aliphatic carbocycles. The van der Waals surface area contributed by atoms with E-state index in [1.165, 1.54) is 11.8 Å². The third kappa shape index (κ3) is 2.53. The standard InChI is InChI=1S/C17H20N2O2/c1-4-13-8-9-15-14(11-13)18(12-17(2,3)21-15)16-7-5-6-10-19(16)20/h5-11H,4,12H2,1-3H3. The van der Waals surface area contributed by atoms with E-state index < -0.39 is 0 Å². The van der Waals surface area contributed by atoms with E-state index in [-0.39, 0.29) is 5.60 Å². The van der Waals surface area contributed by atoms with Gasteiger partial charge in [0.25, 0.3) is 5.82 Å². The number of hydrogen-bond acceptors (Lipinski definition) is 3. The molecular weight excluding hydrogens is 264 g/mol. The van der Waals surface area contributed by atoms with Crippen LogP contribution in [0.25, 0.3) is 0 Å². The monoisotopic (exact) mass is 284 g/mol. The van der Waals surface area contributed by atoms with Crippen molar-refractivity contribution in [2.75, 3.05) is 11.4 Å². The van der Waals surface area contributed by atoms with Crippen LogP contribution in [-0.4, -0.2) is 12.1 Å². The summed E-state index contributed by atoms with van der Waals surface area (Å²) in [5.41, 5.74) is 1.85. The molecule has 0 N–H and O–H groups in total. The molecule has 2 heterocycles. The normalized spacial score (nSPS) is 16.2. The van der Waals surface area contributed by atoms with Gasteiger partial charge in [0.2, 0.25) is 0 Å². The fourth-order valence-electron chi connectivity index (χ4n) is 2.71. The molecule has 0 saturated heterocycles. The molecule has 0 amide bonds. The molecule has 110 valence electrons. The first-order chi connectivity index (χ1) is 10.00. The van der Waals surface area contributed by atoms with Crippen molar-refractivity contribution in [2.24, 2.45) is 0 Å². The van der Waals surface area contributed by atoms with Crippen LogP contribution in [0, 0.1) is 5.21 Å². The highest BCUT2D eigenvalue weighted by Gasteiger charge is 2.38. The lowest BCUT2D eigenvalue weighted by molar-refractivity contribution is -0.592. The molecule has 0 unspecified atom stereocenters. The quantitative estimate of drug-likeness (QED) is 0.628. The average Bonchev–Trinajstić information content (AvgIpc) is 2.46. The molecule has 0 spiro atoms. The average molecular weight is 284 g/mol. The van der Waals surface area contributed by atoms with Gasteiger partial charge in [0, 0.05) is 6.07 Å². The Labute approximate surface area is 125 Å². The number of anilines is 2. The van der Waals surface area contributed by atoms with Crippen molar-refractivity contribution in [3.8, 4) is 5.75 Å². The lowest BCUT2D eigenvalue weighted by Gasteiger charge is -2.36. The predicted molar refractivity (Wildman–Crippen MR) is 82.9 cm³/mol. The fourth-order valence-corrected chi connectivity index (χ4v) is 2.71. The number of benzene rings is 1. The second-order valence-corrected chi connectivity index (χ2v) is 5.99. The van der Waals surface area contributed by atoms with E-state index in [2.05, 4.69) is 19.1 Å². The van der Waals surface area contributed by atoms with E-state index in [9.17, 15) is 5.21 Å². The van der Waals surface area contributed by atoms with Crippen molar-refractivity contribution >= 4 is 11.5 Å².